The van der Waals surface area contributed by atoms with E-state index in [9.17, 15) is 0 Å². The van der Waals surface area contributed by atoms with Crippen molar-refractivity contribution in [1.29, 1.82) is 0 Å². The Bertz CT molecular complexity index is 482. The molecule has 1 rings (SSSR count). The molecule has 0 fully saturated rings. The van der Waals surface area contributed by atoms with Crippen LogP contribution in [0.3, 0.4) is 0 Å². The van der Waals surface area contributed by atoms with Gasteiger partial charge in [0.05, 0.1) is 6.10 Å². The summed E-state index contributed by atoms with van der Waals surface area (Å²) in [6, 6.07) is 10.9. The van der Waals surface area contributed by atoms with E-state index in [-0.39, 0.29) is 30.1 Å². The van der Waals surface area contributed by atoms with Crippen LogP contribution in [0.25, 0.3) is 0 Å². The third-order valence-electron chi connectivity index (χ3n) is 4.30. The fourth-order valence-corrected chi connectivity index (χ4v) is 2.68. The van der Waals surface area contributed by atoms with Crippen LogP contribution >= 0.6 is 24.0 Å². The first-order chi connectivity index (χ1) is 12.1. The number of guanidine groups is 1. The monoisotopic (exact) mass is 476 g/mol. The van der Waals surface area contributed by atoms with E-state index in [4.69, 9.17) is 4.74 Å². The van der Waals surface area contributed by atoms with Gasteiger partial charge < -0.3 is 15.4 Å². The molecule has 0 aliphatic rings. The lowest BCUT2D eigenvalue weighted by atomic mass is 10.1. The first-order valence-corrected chi connectivity index (χ1v) is 9.43. The first kappa shape index (κ1) is 25.1. The molecular weight excluding hydrogens is 439 g/mol. The molecule has 0 bridgehead atoms. The van der Waals surface area contributed by atoms with Gasteiger partial charge in [0.1, 0.15) is 0 Å². The predicted octanol–water partition coefficient (Wildman–Crippen LogP) is 3.67. The fraction of sp³-hybridized carbons (Fsp3) is 0.650. The van der Waals surface area contributed by atoms with Crippen molar-refractivity contribution in [2.45, 2.75) is 46.3 Å². The molecule has 0 amide bonds. The number of ether oxygens (including phenoxy) is 1. The number of nitrogens with one attached hydrogen (secondary N) is 2. The summed E-state index contributed by atoms with van der Waals surface area (Å²) in [4.78, 5) is 6.70. The molecule has 2 N–H and O–H groups in total. The second-order valence-electron chi connectivity index (χ2n) is 6.43. The van der Waals surface area contributed by atoms with Gasteiger partial charge >= 0.3 is 0 Å². The minimum Gasteiger partial charge on any atom is -0.374 e. The van der Waals surface area contributed by atoms with Crippen LogP contribution < -0.4 is 10.6 Å². The summed E-state index contributed by atoms with van der Waals surface area (Å²) >= 11 is 0. The topological polar surface area (TPSA) is 48.9 Å². The van der Waals surface area contributed by atoms with Crippen LogP contribution in [-0.2, 0) is 4.74 Å². The molecule has 0 spiro atoms. The zero-order valence-electron chi connectivity index (χ0n) is 17.0. The minimum absolute atomic E-state index is 0. The summed E-state index contributed by atoms with van der Waals surface area (Å²) in [5.41, 5.74) is 1.22. The number of hydrogen-bond donors (Lipinski definition) is 2. The highest BCUT2D eigenvalue weighted by Crippen LogP contribution is 2.15. The number of halogens is 1. The highest BCUT2D eigenvalue weighted by molar-refractivity contribution is 14.0. The molecule has 6 heteroatoms. The van der Waals surface area contributed by atoms with Gasteiger partial charge in [0.15, 0.2) is 5.96 Å². The molecular formula is C20H37IN4O. The third kappa shape index (κ3) is 10.3. The van der Waals surface area contributed by atoms with Crippen LogP contribution in [0, 0.1) is 0 Å². The molecule has 26 heavy (non-hydrogen) atoms. The lowest BCUT2D eigenvalue weighted by Crippen LogP contribution is -2.43. The zero-order valence-corrected chi connectivity index (χ0v) is 19.3. The average Bonchev–Trinajstić information content (AvgIpc) is 2.63. The summed E-state index contributed by atoms with van der Waals surface area (Å²) in [7, 11) is 1.81. The SMILES string of the molecule is CCN(CCNC(=NC)NCCCOC(C)c1ccccc1)C(C)C.I. The van der Waals surface area contributed by atoms with Crippen LogP contribution in [0.5, 0.6) is 0 Å². The van der Waals surface area contributed by atoms with E-state index >= 15 is 0 Å². The molecule has 150 valence electrons. The molecule has 0 saturated heterocycles. The number of benzene rings is 1. The van der Waals surface area contributed by atoms with Gasteiger partial charge in [-0.25, -0.2) is 0 Å². The van der Waals surface area contributed by atoms with Crippen molar-refractivity contribution in [3.8, 4) is 0 Å². The van der Waals surface area contributed by atoms with E-state index in [0.717, 1.165) is 45.2 Å². The van der Waals surface area contributed by atoms with E-state index in [1.54, 1.807) is 0 Å². The molecule has 1 atom stereocenters. The lowest BCUT2D eigenvalue weighted by Gasteiger charge is -2.25. The van der Waals surface area contributed by atoms with Crippen molar-refractivity contribution in [2.75, 3.05) is 39.8 Å². The van der Waals surface area contributed by atoms with E-state index in [1.807, 2.05) is 25.2 Å². The van der Waals surface area contributed by atoms with E-state index in [1.165, 1.54) is 5.56 Å². The van der Waals surface area contributed by atoms with Crippen molar-refractivity contribution >= 4 is 29.9 Å². The van der Waals surface area contributed by atoms with Crippen LogP contribution in [0.2, 0.25) is 0 Å². The summed E-state index contributed by atoms with van der Waals surface area (Å²) in [5.74, 6) is 0.857. The molecule has 1 unspecified atom stereocenters. The number of nitrogens with zero attached hydrogens (tertiary/aromatic N) is 2. The first-order valence-electron chi connectivity index (χ1n) is 9.43. The van der Waals surface area contributed by atoms with Gasteiger partial charge in [-0.05, 0) is 39.3 Å². The van der Waals surface area contributed by atoms with Crippen LogP contribution in [0.15, 0.2) is 35.3 Å². The number of rotatable bonds is 11. The predicted molar refractivity (Wildman–Crippen MR) is 123 cm³/mol. The van der Waals surface area contributed by atoms with Crippen molar-refractivity contribution in [3.05, 3.63) is 35.9 Å². The molecule has 0 saturated carbocycles. The molecule has 0 aromatic heterocycles. The maximum absolute atomic E-state index is 5.89. The quantitative estimate of drug-likeness (QED) is 0.222. The second kappa shape index (κ2) is 15.2. The van der Waals surface area contributed by atoms with E-state index < -0.39 is 0 Å². The Labute approximate surface area is 177 Å². The zero-order chi connectivity index (χ0) is 18.5. The van der Waals surface area contributed by atoms with E-state index in [0.29, 0.717) is 6.04 Å². The van der Waals surface area contributed by atoms with Crippen LogP contribution in [0.1, 0.15) is 45.8 Å². The van der Waals surface area contributed by atoms with E-state index in [2.05, 4.69) is 60.4 Å². The van der Waals surface area contributed by atoms with Crippen molar-refractivity contribution < 1.29 is 4.74 Å². The van der Waals surface area contributed by atoms with Gasteiger partial charge in [0.25, 0.3) is 0 Å². The van der Waals surface area contributed by atoms with Gasteiger partial charge in [-0.15, -0.1) is 24.0 Å². The third-order valence-corrected chi connectivity index (χ3v) is 4.30. The standard InChI is InChI=1S/C20H36N4O.HI/c1-6-24(17(2)3)15-14-23-20(21-5)22-13-10-16-25-18(4)19-11-8-7-9-12-19;/h7-9,11-12,17-18H,6,10,13-16H2,1-5H3,(H2,21,22,23);1H. The van der Waals surface area contributed by atoms with Gasteiger partial charge in [0.2, 0.25) is 0 Å². The maximum Gasteiger partial charge on any atom is 0.191 e. The molecule has 0 heterocycles. The van der Waals surface area contributed by atoms with Gasteiger partial charge in [0, 0.05) is 39.3 Å². The van der Waals surface area contributed by atoms with Crippen molar-refractivity contribution in [1.82, 2.24) is 15.5 Å². The number of aliphatic imine (C=N–C) groups is 1. The molecule has 1 aromatic carbocycles. The summed E-state index contributed by atoms with van der Waals surface area (Å²) in [5, 5.41) is 6.72. The Kier molecular flexibility index (Phi) is 14.7. The molecule has 1 aromatic rings. The van der Waals surface area contributed by atoms with Crippen LogP contribution in [-0.4, -0.2) is 56.7 Å². The Morgan fingerprint density at radius 1 is 1.12 bits per heavy atom. The highest BCUT2D eigenvalue weighted by Gasteiger charge is 2.07. The maximum atomic E-state index is 5.89. The molecule has 0 aliphatic heterocycles. The number of likely N-dealkylation sites (N-methyl/N-ethyl adjacent to an activating group) is 1. The summed E-state index contributed by atoms with van der Waals surface area (Å²) < 4.78 is 5.89. The normalized spacial score (nSPS) is 12.8. The van der Waals surface area contributed by atoms with Gasteiger partial charge in [-0.2, -0.15) is 0 Å². The van der Waals surface area contributed by atoms with Crippen molar-refractivity contribution in [3.63, 3.8) is 0 Å². The second-order valence-corrected chi connectivity index (χ2v) is 6.43. The number of hydrogen-bond acceptors (Lipinski definition) is 3. The molecule has 0 aliphatic carbocycles. The van der Waals surface area contributed by atoms with Crippen molar-refractivity contribution in [2.24, 2.45) is 4.99 Å². The summed E-state index contributed by atoms with van der Waals surface area (Å²) in [6.45, 7) is 13.3. The van der Waals surface area contributed by atoms with Crippen LogP contribution in [0.4, 0.5) is 0 Å². The average molecular weight is 476 g/mol. The Hall–Kier alpha value is -0.860. The Morgan fingerprint density at radius 3 is 2.35 bits per heavy atom. The molecule has 0 radical (unpaired) electrons. The minimum atomic E-state index is 0. The molecule has 5 nitrogen and oxygen atoms in total. The lowest BCUT2D eigenvalue weighted by molar-refractivity contribution is 0.0646. The smallest absolute Gasteiger partial charge is 0.191 e. The Morgan fingerprint density at radius 2 is 1.77 bits per heavy atom. The van der Waals surface area contributed by atoms with Gasteiger partial charge in [-0.1, -0.05) is 37.3 Å². The highest BCUT2D eigenvalue weighted by atomic mass is 127. The van der Waals surface area contributed by atoms with Gasteiger partial charge in [-0.3, -0.25) is 9.89 Å². The fourth-order valence-electron chi connectivity index (χ4n) is 2.68. The summed E-state index contributed by atoms with van der Waals surface area (Å²) in [6.07, 6.45) is 1.08. The Balaban J connectivity index is 0.00000625. The largest absolute Gasteiger partial charge is 0.374 e.